The lowest BCUT2D eigenvalue weighted by Crippen LogP contribution is -2.29. The van der Waals surface area contributed by atoms with Gasteiger partial charge in [0.05, 0.1) is 18.0 Å². The summed E-state index contributed by atoms with van der Waals surface area (Å²) in [5, 5.41) is 4.39. The van der Waals surface area contributed by atoms with Crippen molar-refractivity contribution in [2.24, 2.45) is 7.05 Å². The van der Waals surface area contributed by atoms with Gasteiger partial charge in [0.1, 0.15) is 5.76 Å². The Morgan fingerprint density at radius 2 is 2.19 bits per heavy atom. The van der Waals surface area contributed by atoms with Crippen LogP contribution in [0.2, 0.25) is 0 Å². The number of rotatable bonds is 5. The summed E-state index contributed by atoms with van der Waals surface area (Å²) in [7, 11) is 3.75. The highest BCUT2D eigenvalue weighted by molar-refractivity contribution is 5.76. The predicted molar refractivity (Wildman–Crippen MR) is 80.9 cm³/mol. The van der Waals surface area contributed by atoms with Crippen molar-refractivity contribution >= 4 is 5.91 Å². The third-order valence-corrected chi connectivity index (χ3v) is 4.18. The van der Waals surface area contributed by atoms with Crippen molar-refractivity contribution in [3.8, 4) is 0 Å². The lowest BCUT2D eigenvalue weighted by molar-refractivity contribution is -0.132. The molecule has 2 aromatic heterocycles. The molecule has 1 amide bonds. The van der Waals surface area contributed by atoms with Crippen molar-refractivity contribution in [2.45, 2.75) is 39.7 Å². The highest BCUT2D eigenvalue weighted by Crippen LogP contribution is 2.21. The largest absolute Gasteiger partial charge is 0.467 e. The van der Waals surface area contributed by atoms with Crippen molar-refractivity contribution in [3.05, 3.63) is 41.1 Å². The van der Waals surface area contributed by atoms with Gasteiger partial charge < -0.3 is 9.32 Å². The predicted octanol–water partition coefficient (Wildman–Crippen LogP) is 2.78. The van der Waals surface area contributed by atoms with Crippen molar-refractivity contribution in [1.82, 2.24) is 14.7 Å². The maximum atomic E-state index is 12.3. The maximum absolute atomic E-state index is 12.3. The number of carbonyl (C=O) groups is 1. The first-order valence-electron chi connectivity index (χ1n) is 7.20. The molecule has 0 unspecified atom stereocenters. The first-order chi connectivity index (χ1) is 9.91. The molecule has 5 nitrogen and oxygen atoms in total. The summed E-state index contributed by atoms with van der Waals surface area (Å²) in [4.78, 5) is 14.1. The number of hydrogen-bond acceptors (Lipinski definition) is 3. The van der Waals surface area contributed by atoms with Crippen LogP contribution in [0.15, 0.2) is 22.8 Å². The molecule has 0 fully saturated rings. The van der Waals surface area contributed by atoms with Crippen LogP contribution in [0.1, 0.15) is 42.1 Å². The Morgan fingerprint density at radius 1 is 1.48 bits per heavy atom. The van der Waals surface area contributed by atoms with E-state index in [2.05, 4.69) is 5.10 Å². The molecule has 0 aliphatic carbocycles. The first-order valence-corrected chi connectivity index (χ1v) is 7.20. The highest BCUT2D eigenvalue weighted by atomic mass is 16.3. The molecule has 0 radical (unpaired) electrons. The Bertz CT molecular complexity index is 614. The lowest BCUT2D eigenvalue weighted by atomic mass is 10.1. The van der Waals surface area contributed by atoms with E-state index in [0.717, 1.165) is 23.6 Å². The molecule has 0 saturated carbocycles. The van der Waals surface area contributed by atoms with E-state index in [4.69, 9.17) is 4.42 Å². The van der Waals surface area contributed by atoms with E-state index in [1.165, 1.54) is 5.56 Å². The van der Waals surface area contributed by atoms with Gasteiger partial charge in [-0.25, -0.2) is 0 Å². The molecule has 114 valence electrons. The van der Waals surface area contributed by atoms with Gasteiger partial charge in [0.2, 0.25) is 5.91 Å². The van der Waals surface area contributed by atoms with Gasteiger partial charge in [0.15, 0.2) is 0 Å². The van der Waals surface area contributed by atoms with Gasteiger partial charge in [-0.1, -0.05) is 0 Å². The molecule has 2 heterocycles. The average Bonchev–Trinajstić information content (AvgIpc) is 3.06. The van der Waals surface area contributed by atoms with E-state index in [-0.39, 0.29) is 11.9 Å². The molecule has 0 aromatic carbocycles. The summed E-state index contributed by atoms with van der Waals surface area (Å²) in [5.41, 5.74) is 3.30. The molecule has 21 heavy (non-hydrogen) atoms. The number of aryl methyl sites for hydroxylation is 2. The van der Waals surface area contributed by atoms with Crippen molar-refractivity contribution in [3.63, 3.8) is 0 Å². The van der Waals surface area contributed by atoms with Crippen LogP contribution >= 0.6 is 0 Å². The summed E-state index contributed by atoms with van der Waals surface area (Å²) in [6.07, 6.45) is 2.83. The molecule has 0 N–H and O–H groups in total. The Morgan fingerprint density at radius 3 is 2.71 bits per heavy atom. The van der Waals surface area contributed by atoms with Crippen LogP contribution in [-0.2, 0) is 18.3 Å². The fourth-order valence-corrected chi connectivity index (χ4v) is 2.52. The summed E-state index contributed by atoms with van der Waals surface area (Å²) in [6.45, 7) is 5.99. The van der Waals surface area contributed by atoms with E-state index in [0.29, 0.717) is 6.42 Å². The Kier molecular flexibility index (Phi) is 4.50. The van der Waals surface area contributed by atoms with Gasteiger partial charge in [-0.3, -0.25) is 9.48 Å². The van der Waals surface area contributed by atoms with Crippen molar-refractivity contribution in [1.29, 1.82) is 0 Å². The summed E-state index contributed by atoms with van der Waals surface area (Å²) < 4.78 is 7.23. The van der Waals surface area contributed by atoms with Crippen molar-refractivity contribution in [2.75, 3.05) is 7.05 Å². The quantitative estimate of drug-likeness (QED) is 0.850. The van der Waals surface area contributed by atoms with E-state index in [1.807, 2.05) is 51.7 Å². The number of furan rings is 1. The molecule has 0 aliphatic heterocycles. The maximum Gasteiger partial charge on any atom is 0.223 e. The average molecular weight is 289 g/mol. The standard InChI is InChI=1S/C16H23N3O2/c1-11-14(12(2)19(5)17-11)8-9-16(20)18(4)13(3)15-7-6-10-21-15/h6-7,10,13H,8-9H2,1-5H3/t13-/m0/s1. The second-order valence-corrected chi connectivity index (χ2v) is 5.47. The van der Waals surface area contributed by atoms with E-state index >= 15 is 0 Å². The minimum absolute atomic E-state index is 0.0522. The Balaban J connectivity index is 1.98. The minimum atomic E-state index is -0.0522. The van der Waals surface area contributed by atoms with Crippen LogP contribution in [-0.4, -0.2) is 27.6 Å². The number of nitrogens with zero attached hydrogens (tertiary/aromatic N) is 3. The van der Waals surface area contributed by atoms with Gasteiger partial charge in [-0.2, -0.15) is 5.10 Å². The molecule has 5 heteroatoms. The zero-order valence-corrected chi connectivity index (χ0v) is 13.4. The van der Waals surface area contributed by atoms with Crippen LogP contribution in [0.5, 0.6) is 0 Å². The third kappa shape index (κ3) is 3.17. The molecule has 0 saturated heterocycles. The summed E-state index contributed by atoms with van der Waals surface area (Å²) in [5.74, 6) is 0.918. The summed E-state index contributed by atoms with van der Waals surface area (Å²) in [6, 6.07) is 3.68. The zero-order valence-electron chi connectivity index (χ0n) is 13.4. The molecule has 2 aromatic rings. The van der Waals surface area contributed by atoms with E-state index < -0.39 is 0 Å². The van der Waals surface area contributed by atoms with Gasteiger partial charge in [0.25, 0.3) is 0 Å². The molecule has 0 bridgehead atoms. The van der Waals surface area contributed by atoms with Gasteiger partial charge in [-0.15, -0.1) is 0 Å². The van der Waals surface area contributed by atoms with Crippen LogP contribution in [0.3, 0.4) is 0 Å². The lowest BCUT2D eigenvalue weighted by Gasteiger charge is -2.23. The van der Waals surface area contributed by atoms with Crippen LogP contribution in [0, 0.1) is 13.8 Å². The Labute approximate surface area is 125 Å². The van der Waals surface area contributed by atoms with Crippen LogP contribution in [0.25, 0.3) is 0 Å². The van der Waals surface area contributed by atoms with Gasteiger partial charge in [-0.05, 0) is 44.9 Å². The summed E-state index contributed by atoms with van der Waals surface area (Å²) >= 11 is 0. The number of aromatic nitrogens is 2. The third-order valence-electron chi connectivity index (χ3n) is 4.18. The van der Waals surface area contributed by atoms with Crippen LogP contribution < -0.4 is 0 Å². The molecule has 0 spiro atoms. The van der Waals surface area contributed by atoms with Gasteiger partial charge >= 0.3 is 0 Å². The van der Waals surface area contributed by atoms with Gasteiger partial charge in [0, 0.05) is 26.2 Å². The van der Waals surface area contributed by atoms with Crippen LogP contribution in [0.4, 0.5) is 0 Å². The topological polar surface area (TPSA) is 51.3 Å². The smallest absolute Gasteiger partial charge is 0.223 e. The number of hydrogen-bond donors (Lipinski definition) is 0. The van der Waals surface area contributed by atoms with Crippen molar-refractivity contribution < 1.29 is 9.21 Å². The zero-order chi connectivity index (χ0) is 15.6. The number of amides is 1. The molecular formula is C16H23N3O2. The molecule has 2 rings (SSSR count). The monoisotopic (exact) mass is 289 g/mol. The Hall–Kier alpha value is -2.04. The fraction of sp³-hybridized carbons (Fsp3) is 0.500. The van der Waals surface area contributed by atoms with E-state index in [9.17, 15) is 4.79 Å². The highest BCUT2D eigenvalue weighted by Gasteiger charge is 2.20. The fourth-order valence-electron chi connectivity index (χ4n) is 2.52. The molecular weight excluding hydrogens is 266 g/mol. The minimum Gasteiger partial charge on any atom is -0.467 e. The second kappa shape index (κ2) is 6.16. The molecule has 1 atom stereocenters. The number of carbonyl (C=O) groups excluding carboxylic acids is 1. The SMILES string of the molecule is Cc1nn(C)c(C)c1CCC(=O)N(C)[C@@H](C)c1ccco1. The first kappa shape index (κ1) is 15.4. The van der Waals surface area contributed by atoms with E-state index in [1.54, 1.807) is 11.2 Å². The second-order valence-electron chi connectivity index (χ2n) is 5.47. The molecule has 0 aliphatic rings. The normalized spacial score (nSPS) is 12.4.